The van der Waals surface area contributed by atoms with Gasteiger partial charge in [-0.3, -0.25) is 19.2 Å². The molecule has 3 amide bonds. The van der Waals surface area contributed by atoms with Crippen molar-refractivity contribution < 1.29 is 37.1 Å². The average Bonchev–Trinajstić information content (AvgIpc) is 2.38. The Hall–Kier alpha value is -2.33. The number of amides is 3. The highest BCUT2D eigenvalue weighted by Gasteiger charge is 2.38. The Morgan fingerprint density at radius 3 is 1.80 bits per heavy atom. The number of carbonyl (C=O) groups excluding carboxylic acids is 4. The molecule has 0 saturated heterocycles. The minimum Gasteiger partial charge on any atom is -0.468 e. The Kier molecular flexibility index (Phi) is 7.04. The number of alkyl halides is 3. The highest BCUT2D eigenvalue weighted by Crippen LogP contribution is 2.13. The molecular weight excluding hydrogens is 287 g/mol. The summed E-state index contributed by atoms with van der Waals surface area (Å²) in [4.78, 5) is 43.1. The van der Waals surface area contributed by atoms with Gasteiger partial charge in [-0.05, 0) is 0 Å². The van der Waals surface area contributed by atoms with Crippen LogP contribution in [0.1, 0.15) is 0 Å². The lowest BCUT2D eigenvalue weighted by Gasteiger charge is -2.08. The number of methoxy groups -OCH3 is 1. The average molecular weight is 299 g/mol. The Labute approximate surface area is 111 Å². The summed E-state index contributed by atoms with van der Waals surface area (Å²) in [6.07, 6.45) is -5.09. The van der Waals surface area contributed by atoms with Crippen molar-refractivity contribution in [1.82, 2.24) is 16.0 Å². The van der Waals surface area contributed by atoms with E-state index in [0.717, 1.165) is 7.11 Å². The molecule has 0 rings (SSSR count). The zero-order valence-corrected chi connectivity index (χ0v) is 10.3. The number of esters is 1. The van der Waals surface area contributed by atoms with E-state index in [1.807, 2.05) is 5.32 Å². The van der Waals surface area contributed by atoms with Gasteiger partial charge in [-0.25, -0.2) is 0 Å². The Balaban J connectivity index is 3.86. The molecule has 0 bridgehead atoms. The first kappa shape index (κ1) is 17.7. The van der Waals surface area contributed by atoms with E-state index in [-0.39, 0.29) is 0 Å². The van der Waals surface area contributed by atoms with E-state index in [2.05, 4.69) is 10.1 Å². The topological polar surface area (TPSA) is 114 Å². The SMILES string of the molecule is COC(=O)CNC(=O)CNC(=O)CNC(=O)C(F)(F)F. The van der Waals surface area contributed by atoms with Gasteiger partial charge in [-0.15, -0.1) is 0 Å². The molecule has 0 spiro atoms. The van der Waals surface area contributed by atoms with E-state index >= 15 is 0 Å². The predicted molar refractivity (Wildman–Crippen MR) is 57.1 cm³/mol. The number of halogens is 3. The molecule has 0 aromatic rings. The Bertz CT molecular complexity index is 397. The van der Waals surface area contributed by atoms with Crippen molar-refractivity contribution in [3.8, 4) is 0 Å². The van der Waals surface area contributed by atoms with Crippen LogP contribution in [0.2, 0.25) is 0 Å². The van der Waals surface area contributed by atoms with Crippen molar-refractivity contribution in [2.75, 3.05) is 26.7 Å². The summed E-state index contributed by atoms with van der Waals surface area (Å²) < 4.78 is 39.5. The van der Waals surface area contributed by atoms with E-state index in [1.54, 1.807) is 0 Å². The quantitative estimate of drug-likeness (QED) is 0.494. The van der Waals surface area contributed by atoms with Crippen LogP contribution in [0, 0.1) is 0 Å². The first-order valence-electron chi connectivity index (χ1n) is 5.12. The molecule has 0 radical (unpaired) electrons. The number of hydrogen-bond acceptors (Lipinski definition) is 5. The molecule has 11 heteroatoms. The van der Waals surface area contributed by atoms with Crippen LogP contribution < -0.4 is 16.0 Å². The van der Waals surface area contributed by atoms with Gasteiger partial charge in [-0.1, -0.05) is 0 Å². The van der Waals surface area contributed by atoms with Crippen molar-refractivity contribution in [1.29, 1.82) is 0 Å². The molecule has 0 heterocycles. The third-order valence-electron chi connectivity index (χ3n) is 1.77. The van der Waals surface area contributed by atoms with Crippen LogP contribution in [0.25, 0.3) is 0 Å². The van der Waals surface area contributed by atoms with E-state index < -0.39 is 49.5 Å². The van der Waals surface area contributed by atoms with Gasteiger partial charge >= 0.3 is 18.1 Å². The molecule has 0 aliphatic rings. The third kappa shape index (κ3) is 7.89. The fourth-order valence-corrected chi connectivity index (χ4v) is 0.808. The van der Waals surface area contributed by atoms with Crippen LogP contribution in [0.15, 0.2) is 0 Å². The lowest BCUT2D eigenvalue weighted by atomic mass is 10.4. The fourth-order valence-electron chi connectivity index (χ4n) is 0.808. The maximum Gasteiger partial charge on any atom is 0.471 e. The van der Waals surface area contributed by atoms with Gasteiger partial charge in [0.2, 0.25) is 11.8 Å². The van der Waals surface area contributed by atoms with E-state index in [4.69, 9.17) is 0 Å². The molecule has 0 fully saturated rings. The van der Waals surface area contributed by atoms with Crippen molar-refractivity contribution in [3.05, 3.63) is 0 Å². The van der Waals surface area contributed by atoms with Gasteiger partial charge in [0.05, 0.1) is 20.2 Å². The van der Waals surface area contributed by atoms with Crippen LogP contribution >= 0.6 is 0 Å². The third-order valence-corrected chi connectivity index (χ3v) is 1.77. The second kappa shape index (κ2) is 7.96. The van der Waals surface area contributed by atoms with Gasteiger partial charge in [0.15, 0.2) is 0 Å². The second-order valence-corrected chi connectivity index (χ2v) is 3.31. The molecule has 0 aromatic heterocycles. The number of carbonyl (C=O) groups is 4. The lowest BCUT2D eigenvalue weighted by Crippen LogP contribution is -2.45. The van der Waals surface area contributed by atoms with E-state index in [0.29, 0.717) is 0 Å². The molecule has 0 aliphatic heterocycles. The lowest BCUT2D eigenvalue weighted by molar-refractivity contribution is -0.173. The number of ether oxygens (including phenoxy) is 1. The monoisotopic (exact) mass is 299 g/mol. The first-order valence-corrected chi connectivity index (χ1v) is 5.12. The number of hydrogen-bond donors (Lipinski definition) is 3. The zero-order chi connectivity index (χ0) is 15.8. The second-order valence-electron chi connectivity index (χ2n) is 3.31. The standard InChI is InChI=1S/C9H12F3N3O5/c1-20-7(18)4-14-5(16)2-13-6(17)3-15-8(19)9(10,11)12/h2-4H2,1H3,(H,13,17)(H,14,16)(H,15,19). The maximum absolute atomic E-state index is 11.8. The summed E-state index contributed by atoms with van der Waals surface area (Å²) in [6.45, 7) is -1.89. The molecule has 0 unspecified atom stereocenters. The van der Waals surface area contributed by atoms with Crippen LogP contribution in [0.3, 0.4) is 0 Å². The molecule has 0 aliphatic carbocycles. The normalized spacial score (nSPS) is 10.4. The molecule has 0 aromatic carbocycles. The molecule has 0 atom stereocenters. The molecule has 114 valence electrons. The summed E-state index contributed by atoms with van der Waals surface area (Å²) in [5.74, 6) is -4.70. The van der Waals surface area contributed by atoms with Gasteiger partial charge in [0.25, 0.3) is 0 Å². The van der Waals surface area contributed by atoms with Gasteiger partial charge in [0.1, 0.15) is 6.54 Å². The molecule has 3 N–H and O–H groups in total. The largest absolute Gasteiger partial charge is 0.471 e. The molecular formula is C9H12F3N3O5. The van der Waals surface area contributed by atoms with E-state index in [9.17, 15) is 32.3 Å². The Morgan fingerprint density at radius 1 is 0.900 bits per heavy atom. The highest BCUT2D eigenvalue weighted by atomic mass is 19.4. The van der Waals surface area contributed by atoms with Crippen LogP contribution in [0.5, 0.6) is 0 Å². The Morgan fingerprint density at radius 2 is 1.35 bits per heavy atom. The zero-order valence-electron chi connectivity index (χ0n) is 10.3. The maximum atomic E-state index is 11.8. The summed E-state index contributed by atoms with van der Waals surface area (Å²) in [5.41, 5.74) is 0. The number of nitrogens with one attached hydrogen (secondary N) is 3. The minimum absolute atomic E-state index is 0.407. The summed E-state index contributed by atoms with van der Waals surface area (Å²) >= 11 is 0. The highest BCUT2D eigenvalue weighted by molar-refractivity contribution is 5.90. The summed E-state index contributed by atoms with van der Waals surface area (Å²) in [7, 11) is 1.11. The van der Waals surface area contributed by atoms with Crippen molar-refractivity contribution >= 4 is 23.7 Å². The number of rotatable bonds is 6. The van der Waals surface area contributed by atoms with Crippen molar-refractivity contribution in [2.24, 2.45) is 0 Å². The summed E-state index contributed by atoms with van der Waals surface area (Å²) in [5, 5.41) is 5.35. The summed E-state index contributed by atoms with van der Waals surface area (Å²) in [6, 6.07) is 0. The molecule has 20 heavy (non-hydrogen) atoms. The van der Waals surface area contributed by atoms with Gasteiger partial charge in [0, 0.05) is 0 Å². The predicted octanol–water partition coefficient (Wildman–Crippen LogP) is -1.93. The molecule has 8 nitrogen and oxygen atoms in total. The van der Waals surface area contributed by atoms with Crippen LogP contribution in [0.4, 0.5) is 13.2 Å². The van der Waals surface area contributed by atoms with E-state index in [1.165, 1.54) is 5.32 Å². The smallest absolute Gasteiger partial charge is 0.468 e. The first-order chi connectivity index (χ1) is 9.16. The van der Waals surface area contributed by atoms with Crippen LogP contribution in [-0.4, -0.2) is 56.6 Å². The minimum atomic E-state index is -5.09. The van der Waals surface area contributed by atoms with Crippen molar-refractivity contribution in [3.63, 3.8) is 0 Å². The fraction of sp³-hybridized carbons (Fsp3) is 0.556. The van der Waals surface area contributed by atoms with Crippen molar-refractivity contribution in [2.45, 2.75) is 6.18 Å². The van der Waals surface area contributed by atoms with Crippen LogP contribution in [-0.2, 0) is 23.9 Å². The molecule has 0 saturated carbocycles. The van der Waals surface area contributed by atoms with Gasteiger partial charge < -0.3 is 20.7 Å². The van der Waals surface area contributed by atoms with Gasteiger partial charge in [-0.2, -0.15) is 13.2 Å².